The first kappa shape index (κ1) is 76.8. The van der Waals surface area contributed by atoms with Crippen LogP contribution >= 0.6 is 0 Å². The summed E-state index contributed by atoms with van der Waals surface area (Å²) in [5, 5.41) is 44.6. The summed E-state index contributed by atoms with van der Waals surface area (Å²) in [6.45, 7) is 47.6. The lowest BCUT2D eigenvalue weighted by Gasteiger charge is -2.28. The Morgan fingerprint density at radius 3 is 0.970 bits per heavy atom. The van der Waals surface area contributed by atoms with E-state index in [1.165, 1.54) is 13.8 Å². The summed E-state index contributed by atoms with van der Waals surface area (Å²) in [5.74, 6) is -1.44. The Bertz CT molecular complexity index is 1480. The number of aliphatic hydroxyl groups is 2. The average Bonchev–Trinajstić information content (AvgIpc) is 3.01. The van der Waals surface area contributed by atoms with Gasteiger partial charge in [0.05, 0.1) is 24.5 Å². The van der Waals surface area contributed by atoms with Crippen LogP contribution in [0.3, 0.4) is 0 Å². The monoisotopic (exact) mass is 943 g/mol. The third-order valence-corrected chi connectivity index (χ3v) is 10.8. The Labute approximate surface area is 405 Å². The fraction of sp³-hybridized carbons (Fsp3) is 0.782. The summed E-state index contributed by atoms with van der Waals surface area (Å²) >= 11 is 0. The molecule has 0 amide bonds. The molecule has 5 N–H and O–H groups in total. The second-order valence-corrected chi connectivity index (χ2v) is 23.8. The Hall–Kier alpha value is -3.44. The molecule has 0 radical (unpaired) electrons. The van der Waals surface area contributed by atoms with Gasteiger partial charge in [-0.15, -0.1) is 0 Å². The van der Waals surface area contributed by atoms with Crippen LogP contribution in [0.25, 0.3) is 0 Å². The molecular formula is C55H106O11. The number of phenols is 1. The summed E-state index contributed by atoms with van der Waals surface area (Å²) in [7, 11) is 0. The highest BCUT2D eigenvalue weighted by Gasteiger charge is 2.35. The maximum absolute atomic E-state index is 11.6. The molecule has 1 rings (SSSR count). The van der Waals surface area contributed by atoms with Crippen LogP contribution in [0.1, 0.15) is 206 Å². The number of rotatable bonds is 11. The molecule has 0 aromatic heterocycles. The highest BCUT2D eigenvalue weighted by molar-refractivity contribution is 5.80. The van der Waals surface area contributed by atoms with Gasteiger partial charge in [-0.05, 0) is 97.6 Å². The van der Waals surface area contributed by atoms with Gasteiger partial charge in [-0.1, -0.05) is 165 Å². The molecule has 0 aliphatic rings. The molecule has 1 aromatic rings. The number of carboxylic acid groups (broad SMARTS) is 2. The Balaban J connectivity index is -0.000000128. The van der Waals surface area contributed by atoms with E-state index < -0.39 is 24.0 Å². The normalized spacial score (nSPS) is 14.2. The molecule has 66 heavy (non-hydrogen) atoms. The van der Waals surface area contributed by atoms with E-state index in [2.05, 4.69) is 62.3 Å². The minimum Gasteiger partial charge on any atom is -0.508 e. The quantitative estimate of drug-likeness (QED) is 0.141. The molecule has 0 aliphatic carbocycles. The number of aromatic hydroxyl groups is 1. The second-order valence-electron chi connectivity index (χ2n) is 23.8. The molecule has 6 atom stereocenters. The SMILES string of the molecule is C.C.CC(=O)C(C)C(C)(C)C.CC(=O)C(CO)C(C)(C)C.CC(=O)C(Cc1ccc(O)cc1)C(C)(C)C.CC(=O)CC(C)(C)C.CC(O)C(C(=O)O)C(C)(C)C.CCC(C(=O)O)C(C)(C)C. The van der Waals surface area contributed by atoms with Crippen molar-refractivity contribution in [3.8, 4) is 5.75 Å². The van der Waals surface area contributed by atoms with Crippen molar-refractivity contribution in [3.63, 3.8) is 0 Å². The summed E-state index contributed by atoms with van der Waals surface area (Å²) in [6, 6.07) is 7.07. The Morgan fingerprint density at radius 2 is 0.879 bits per heavy atom. The van der Waals surface area contributed by atoms with E-state index in [4.69, 9.17) is 20.4 Å². The number of carbonyl (C=O) groups excluding carboxylic acids is 4. The van der Waals surface area contributed by atoms with Gasteiger partial charge >= 0.3 is 11.9 Å². The van der Waals surface area contributed by atoms with Crippen molar-refractivity contribution in [2.24, 2.45) is 62.1 Å². The van der Waals surface area contributed by atoms with E-state index >= 15 is 0 Å². The molecule has 6 unspecified atom stereocenters. The van der Waals surface area contributed by atoms with Crippen molar-refractivity contribution in [2.45, 2.75) is 213 Å². The van der Waals surface area contributed by atoms with Crippen LogP contribution in [0.4, 0.5) is 0 Å². The number of Topliss-reactive ketones (excluding diaryl/α,β-unsaturated/α-hetero) is 4. The smallest absolute Gasteiger partial charge is 0.309 e. The Kier molecular flexibility index (Phi) is 38.5. The number of benzene rings is 1. The first-order chi connectivity index (χ1) is 28.1. The zero-order chi connectivity index (χ0) is 52.7. The van der Waals surface area contributed by atoms with Crippen molar-refractivity contribution >= 4 is 35.1 Å². The van der Waals surface area contributed by atoms with Gasteiger partial charge in [-0.2, -0.15) is 0 Å². The van der Waals surface area contributed by atoms with E-state index in [1.54, 1.807) is 53.7 Å². The lowest BCUT2D eigenvalue weighted by Crippen LogP contribution is -2.36. The summed E-state index contributed by atoms with van der Waals surface area (Å²) in [5.41, 5.74) is 0.760. The molecular weight excluding hydrogens is 837 g/mol. The van der Waals surface area contributed by atoms with Gasteiger partial charge in [0.15, 0.2) is 0 Å². The lowest BCUT2D eigenvalue weighted by atomic mass is 9.75. The Morgan fingerprint density at radius 1 is 0.530 bits per heavy atom. The predicted molar refractivity (Wildman–Crippen MR) is 277 cm³/mol. The number of carbonyl (C=O) groups is 6. The van der Waals surface area contributed by atoms with Gasteiger partial charge in [0.2, 0.25) is 0 Å². The van der Waals surface area contributed by atoms with Crippen LogP contribution in [0, 0.1) is 62.1 Å². The molecule has 11 heteroatoms. The van der Waals surface area contributed by atoms with E-state index in [0.717, 1.165) is 12.0 Å². The van der Waals surface area contributed by atoms with Crippen LogP contribution in [0.5, 0.6) is 5.75 Å². The number of hydrogen-bond donors (Lipinski definition) is 5. The molecule has 0 saturated carbocycles. The zero-order valence-electron chi connectivity index (χ0n) is 45.3. The van der Waals surface area contributed by atoms with Crippen LogP contribution in [-0.2, 0) is 35.2 Å². The highest BCUT2D eigenvalue weighted by Crippen LogP contribution is 2.32. The molecule has 0 bridgehead atoms. The van der Waals surface area contributed by atoms with Crippen molar-refractivity contribution in [1.29, 1.82) is 0 Å². The maximum Gasteiger partial charge on any atom is 0.309 e. The van der Waals surface area contributed by atoms with Gasteiger partial charge in [0.25, 0.3) is 0 Å². The van der Waals surface area contributed by atoms with E-state index in [0.29, 0.717) is 12.8 Å². The summed E-state index contributed by atoms with van der Waals surface area (Å²) < 4.78 is 0. The van der Waals surface area contributed by atoms with Gasteiger partial charge in [-0.25, -0.2) is 0 Å². The fourth-order valence-corrected chi connectivity index (χ4v) is 6.75. The van der Waals surface area contributed by atoms with Crippen LogP contribution in [0.2, 0.25) is 0 Å². The largest absolute Gasteiger partial charge is 0.508 e. The van der Waals surface area contributed by atoms with Gasteiger partial charge < -0.3 is 30.3 Å². The van der Waals surface area contributed by atoms with Gasteiger partial charge in [-0.3, -0.25) is 24.0 Å². The standard InChI is InChI=1S/C14H20O2.C8H16O3.2C8H16O2.C8H16O.C7H14O.2CH4/c1-10(15)13(14(2,3)4)9-11-5-7-12(16)8-6-11;1-5(9)6(7(10)11)8(2,3)4;1-6(10)7(5-9)8(2,3)4;1-5-6(7(9)10)8(2,3)4;1-6(7(2)9)8(3,4)5;1-6(8)5-7(2,3)4;;/h5-8,13,16H,9H2,1-4H3;5-6,9H,1-4H3,(H,10,11);7,9H,5H2,1-4H3;6H,5H2,1-4H3,(H,9,10);6H,1-5H3;5H2,1-4H3;2*1H4. The molecule has 0 heterocycles. The summed E-state index contributed by atoms with van der Waals surface area (Å²) in [4.78, 5) is 64.9. The highest BCUT2D eigenvalue weighted by atomic mass is 16.4. The average molecular weight is 943 g/mol. The first-order valence-corrected chi connectivity index (χ1v) is 22.7. The number of phenolic OH excluding ortho intramolecular Hbond substituents is 1. The topological polar surface area (TPSA) is 204 Å². The van der Waals surface area contributed by atoms with E-state index in [1.807, 2.05) is 67.5 Å². The molecule has 392 valence electrons. The molecule has 11 nitrogen and oxygen atoms in total. The minimum absolute atomic E-state index is 0. The van der Waals surface area contributed by atoms with Crippen LogP contribution < -0.4 is 0 Å². The van der Waals surface area contributed by atoms with Gasteiger partial charge in [0.1, 0.15) is 28.9 Å². The number of aliphatic carboxylic acids is 2. The third kappa shape index (κ3) is 39.7. The fourth-order valence-electron chi connectivity index (χ4n) is 6.75. The minimum atomic E-state index is -0.938. The van der Waals surface area contributed by atoms with E-state index in [-0.39, 0.29) is 107 Å². The molecule has 0 saturated heterocycles. The van der Waals surface area contributed by atoms with Crippen molar-refractivity contribution in [3.05, 3.63) is 29.8 Å². The number of hydrogen-bond acceptors (Lipinski definition) is 9. The molecule has 1 aromatic carbocycles. The van der Waals surface area contributed by atoms with Crippen molar-refractivity contribution in [2.75, 3.05) is 6.61 Å². The second kappa shape index (κ2) is 33.1. The maximum atomic E-state index is 11.6. The van der Waals surface area contributed by atoms with E-state index in [9.17, 15) is 33.9 Å². The molecule has 0 spiro atoms. The van der Waals surface area contributed by atoms with Crippen molar-refractivity contribution < 1.29 is 54.3 Å². The lowest BCUT2D eigenvalue weighted by molar-refractivity contribution is -0.150. The predicted octanol–water partition coefficient (Wildman–Crippen LogP) is 13.2. The molecule has 0 fully saturated rings. The summed E-state index contributed by atoms with van der Waals surface area (Å²) in [6.07, 6.45) is 1.33. The number of ketones is 4. The number of carboxylic acids is 2. The van der Waals surface area contributed by atoms with Crippen LogP contribution in [-0.4, -0.2) is 73.3 Å². The number of aliphatic hydroxyl groups excluding tert-OH is 2. The van der Waals surface area contributed by atoms with Crippen molar-refractivity contribution in [1.82, 2.24) is 0 Å². The third-order valence-electron chi connectivity index (χ3n) is 10.8. The van der Waals surface area contributed by atoms with Crippen LogP contribution in [0.15, 0.2) is 24.3 Å². The first-order valence-electron chi connectivity index (χ1n) is 22.7. The van der Waals surface area contributed by atoms with Gasteiger partial charge in [0, 0.05) is 24.2 Å². The zero-order valence-corrected chi connectivity index (χ0v) is 45.3. The molecule has 0 aliphatic heterocycles.